The van der Waals surface area contributed by atoms with E-state index in [4.69, 9.17) is 23.2 Å². The molecule has 2 saturated heterocycles. The summed E-state index contributed by atoms with van der Waals surface area (Å²) < 4.78 is 0. The molecule has 0 saturated carbocycles. The van der Waals surface area contributed by atoms with Crippen molar-refractivity contribution >= 4 is 46.6 Å². The van der Waals surface area contributed by atoms with Crippen LogP contribution in [0.3, 0.4) is 0 Å². The van der Waals surface area contributed by atoms with Crippen LogP contribution in [0.5, 0.6) is 0 Å². The standard InChI is InChI=1S/C23H21Cl2N3O4/c1-10-7-13(24)8-14-18(10)26-22(32)23(14)17-16(19(27-23)11(2)29)20(30)28(21(17)31)9-12-5-3-4-6-15(12)25/h3-8,11,16-17,19,27,29H,9H2,1-2H3,(H,26,32)/t11-,16-,17-,19+,23-/m0/s1. The van der Waals surface area contributed by atoms with E-state index in [0.717, 1.165) is 10.5 Å². The number of hydrogen-bond donors (Lipinski definition) is 3. The molecule has 3 aliphatic rings. The number of carbonyl (C=O) groups is 3. The number of nitrogens with zero attached hydrogens (tertiary/aromatic N) is 1. The van der Waals surface area contributed by atoms with Gasteiger partial charge >= 0.3 is 0 Å². The minimum absolute atomic E-state index is 0.00397. The predicted octanol–water partition coefficient (Wildman–Crippen LogP) is 2.60. The maximum absolute atomic E-state index is 13.7. The fraction of sp³-hybridized carbons (Fsp3) is 0.348. The number of fused-ring (bicyclic) bond motifs is 4. The Hall–Kier alpha value is -2.45. The lowest BCUT2D eigenvalue weighted by Gasteiger charge is -2.30. The zero-order valence-electron chi connectivity index (χ0n) is 17.4. The van der Waals surface area contributed by atoms with Crippen LogP contribution in [0.2, 0.25) is 10.0 Å². The third-order valence-electron chi connectivity index (χ3n) is 6.82. The van der Waals surface area contributed by atoms with Gasteiger partial charge in [-0.05, 0) is 43.2 Å². The van der Waals surface area contributed by atoms with E-state index in [1.165, 1.54) is 0 Å². The number of imide groups is 1. The summed E-state index contributed by atoms with van der Waals surface area (Å²) in [6, 6.07) is 9.56. The van der Waals surface area contributed by atoms with Crippen LogP contribution in [0.15, 0.2) is 36.4 Å². The Morgan fingerprint density at radius 3 is 2.56 bits per heavy atom. The van der Waals surface area contributed by atoms with Gasteiger partial charge < -0.3 is 10.4 Å². The summed E-state index contributed by atoms with van der Waals surface area (Å²) in [4.78, 5) is 41.7. The molecule has 7 nitrogen and oxygen atoms in total. The molecule has 2 aromatic carbocycles. The number of anilines is 1. The quantitative estimate of drug-likeness (QED) is 0.595. The van der Waals surface area contributed by atoms with Crippen LogP contribution in [0.25, 0.3) is 0 Å². The number of nitrogens with one attached hydrogen (secondary N) is 2. The van der Waals surface area contributed by atoms with Crippen molar-refractivity contribution in [2.75, 3.05) is 5.32 Å². The summed E-state index contributed by atoms with van der Waals surface area (Å²) in [5.41, 5.74) is 0.968. The van der Waals surface area contributed by atoms with E-state index < -0.39 is 47.2 Å². The van der Waals surface area contributed by atoms with Crippen LogP contribution in [0, 0.1) is 18.8 Å². The molecule has 0 bridgehead atoms. The highest BCUT2D eigenvalue weighted by Gasteiger charge is 2.71. The van der Waals surface area contributed by atoms with Gasteiger partial charge in [-0.15, -0.1) is 0 Å². The zero-order chi connectivity index (χ0) is 22.9. The number of aryl methyl sites for hydroxylation is 1. The average Bonchev–Trinajstić information content (AvgIpc) is 3.31. The minimum atomic E-state index is -1.50. The van der Waals surface area contributed by atoms with Crippen LogP contribution in [-0.4, -0.2) is 39.9 Å². The highest BCUT2D eigenvalue weighted by molar-refractivity contribution is 6.31. The Kier molecular flexibility index (Phi) is 4.87. The molecule has 3 aliphatic heterocycles. The lowest BCUT2D eigenvalue weighted by Crippen LogP contribution is -2.54. The number of halogens is 2. The van der Waals surface area contributed by atoms with Gasteiger partial charge in [0, 0.05) is 27.3 Å². The normalized spacial score (nSPS) is 29.5. The van der Waals surface area contributed by atoms with Crippen molar-refractivity contribution in [3.63, 3.8) is 0 Å². The molecule has 0 aliphatic carbocycles. The topological polar surface area (TPSA) is 98.7 Å². The Balaban J connectivity index is 1.65. The first kappa shape index (κ1) is 21.4. The minimum Gasteiger partial charge on any atom is -0.392 e. The third kappa shape index (κ3) is 2.78. The Morgan fingerprint density at radius 2 is 1.88 bits per heavy atom. The highest BCUT2D eigenvalue weighted by atomic mass is 35.5. The number of carbonyl (C=O) groups excluding carboxylic acids is 3. The van der Waals surface area contributed by atoms with E-state index in [-0.39, 0.29) is 6.54 Å². The second-order valence-corrected chi connectivity index (χ2v) is 9.52. The largest absolute Gasteiger partial charge is 0.392 e. The lowest BCUT2D eigenvalue weighted by atomic mass is 9.76. The first-order valence-corrected chi connectivity index (χ1v) is 11.1. The van der Waals surface area contributed by atoms with Gasteiger partial charge in [-0.25, -0.2) is 0 Å². The molecule has 9 heteroatoms. The second kappa shape index (κ2) is 7.28. The van der Waals surface area contributed by atoms with E-state index >= 15 is 0 Å². The molecule has 2 aromatic rings. The van der Waals surface area contributed by atoms with Gasteiger partial charge in [-0.1, -0.05) is 41.4 Å². The van der Waals surface area contributed by atoms with E-state index in [2.05, 4.69) is 10.6 Å². The Morgan fingerprint density at radius 1 is 1.16 bits per heavy atom. The van der Waals surface area contributed by atoms with Crippen molar-refractivity contribution < 1.29 is 19.5 Å². The molecule has 0 aromatic heterocycles. The summed E-state index contributed by atoms with van der Waals surface area (Å²) in [5.74, 6) is -3.26. The lowest BCUT2D eigenvalue weighted by molar-refractivity contribution is -0.143. The van der Waals surface area contributed by atoms with Gasteiger partial charge in [0.25, 0.3) is 0 Å². The highest BCUT2D eigenvalue weighted by Crippen LogP contribution is 2.54. The number of likely N-dealkylation sites (tertiary alicyclic amines) is 1. The van der Waals surface area contributed by atoms with Crippen molar-refractivity contribution in [3.8, 4) is 0 Å². The maximum Gasteiger partial charge on any atom is 0.250 e. The van der Waals surface area contributed by atoms with E-state index in [9.17, 15) is 19.5 Å². The third-order valence-corrected chi connectivity index (χ3v) is 7.40. The van der Waals surface area contributed by atoms with Crippen molar-refractivity contribution in [2.45, 2.75) is 38.1 Å². The summed E-state index contributed by atoms with van der Waals surface area (Å²) in [5, 5.41) is 17.4. The van der Waals surface area contributed by atoms with Crippen molar-refractivity contribution in [1.29, 1.82) is 0 Å². The molecular formula is C23H21Cl2N3O4. The van der Waals surface area contributed by atoms with Crippen LogP contribution in [0.1, 0.15) is 23.6 Å². The molecule has 0 unspecified atom stereocenters. The first-order chi connectivity index (χ1) is 15.2. The van der Waals surface area contributed by atoms with Crippen molar-refractivity contribution in [3.05, 3.63) is 63.1 Å². The molecular weight excluding hydrogens is 453 g/mol. The fourth-order valence-corrected chi connectivity index (χ4v) is 5.86. The monoisotopic (exact) mass is 473 g/mol. The molecule has 5 rings (SSSR count). The fourth-order valence-electron chi connectivity index (χ4n) is 5.39. The molecule has 3 amide bonds. The van der Waals surface area contributed by atoms with E-state index in [0.29, 0.717) is 26.9 Å². The molecule has 3 N–H and O–H groups in total. The van der Waals surface area contributed by atoms with Crippen LogP contribution in [0.4, 0.5) is 5.69 Å². The van der Waals surface area contributed by atoms with Crippen LogP contribution < -0.4 is 10.6 Å². The summed E-state index contributed by atoms with van der Waals surface area (Å²) in [6.45, 7) is 3.35. The van der Waals surface area contributed by atoms with Gasteiger partial charge in [0.05, 0.1) is 24.5 Å². The molecule has 5 atom stereocenters. The number of rotatable bonds is 3. The maximum atomic E-state index is 13.7. The SMILES string of the molecule is Cc1cc(Cl)cc2c1NC(=O)[C@]21N[C@H]([C@H](C)O)[C@H]2C(=O)N(Cc3ccccc3Cl)C(=O)[C@H]21. The van der Waals surface area contributed by atoms with Gasteiger partial charge in [-0.3, -0.25) is 24.6 Å². The van der Waals surface area contributed by atoms with Crippen LogP contribution >= 0.6 is 23.2 Å². The predicted molar refractivity (Wildman–Crippen MR) is 119 cm³/mol. The second-order valence-electron chi connectivity index (χ2n) is 8.68. The number of amides is 3. The van der Waals surface area contributed by atoms with Gasteiger partial charge in [0.2, 0.25) is 17.7 Å². The van der Waals surface area contributed by atoms with Crippen LogP contribution in [-0.2, 0) is 26.5 Å². The van der Waals surface area contributed by atoms with Gasteiger partial charge in [0.1, 0.15) is 5.54 Å². The van der Waals surface area contributed by atoms with Gasteiger partial charge in [-0.2, -0.15) is 0 Å². The van der Waals surface area contributed by atoms with E-state index in [1.807, 2.05) is 6.92 Å². The number of benzene rings is 2. The molecule has 166 valence electrons. The summed E-state index contributed by atoms with van der Waals surface area (Å²) in [6.07, 6.45) is -0.976. The summed E-state index contributed by atoms with van der Waals surface area (Å²) in [7, 11) is 0. The molecule has 3 heterocycles. The summed E-state index contributed by atoms with van der Waals surface area (Å²) >= 11 is 12.6. The molecule has 1 spiro atoms. The van der Waals surface area contributed by atoms with E-state index in [1.54, 1.807) is 43.3 Å². The first-order valence-electron chi connectivity index (χ1n) is 10.3. The smallest absolute Gasteiger partial charge is 0.250 e. The molecule has 0 radical (unpaired) electrons. The number of aliphatic hydroxyl groups excluding tert-OH is 1. The van der Waals surface area contributed by atoms with Crippen molar-refractivity contribution in [1.82, 2.24) is 10.2 Å². The van der Waals surface area contributed by atoms with Gasteiger partial charge in [0.15, 0.2) is 0 Å². The Bertz CT molecular complexity index is 1180. The molecule has 2 fully saturated rings. The zero-order valence-corrected chi connectivity index (χ0v) is 18.9. The molecule has 32 heavy (non-hydrogen) atoms. The number of aliphatic hydroxyl groups is 1. The van der Waals surface area contributed by atoms with Crippen molar-refractivity contribution in [2.24, 2.45) is 11.8 Å². The average molecular weight is 474 g/mol. The number of hydrogen-bond acceptors (Lipinski definition) is 5. The Labute approximate surface area is 194 Å².